The molecule has 0 fully saturated rings. The van der Waals surface area contributed by atoms with Crippen molar-refractivity contribution in [3.63, 3.8) is 0 Å². The van der Waals surface area contributed by atoms with Crippen LogP contribution in [-0.2, 0) is 19.1 Å². The fourth-order valence-electron chi connectivity index (χ4n) is 1.45. The van der Waals surface area contributed by atoms with Crippen LogP contribution in [0.2, 0.25) is 0 Å². The average Bonchev–Trinajstić information content (AvgIpc) is 1.77. The molecule has 4 heteroatoms. The minimum Gasteiger partial charge on any atom is -0.463 e. The van der Waals surface area contributed by atoms with Crippen LogP contribution in [0.5, 0.6) is 0 Å². The van der Waals surface area contributed by atoms with Crippen LogP contribution in [-0.4, -0.2) is 23.6 Å². The van der Waals surface area contributed by atoms with Gasteiger partial charge in [-0.2, -0.15) is 0 Å². The second kappa shape index (κ2) is 4.98. The Hall–Kier alpha value is -1.06. The third kappa shape index (κ3) is 6.46. The van der Waals surface area contributed by atoms with E-state index in [1.165, 1.54) is 13.8 Å². The van der Waals surface area contributed by atoms with Crippen molar-refractivity contribution in [3.8, 4) is 0 Å². The maximum Gasteiger partial charge on any atom is 0.303 e. The van der Waals surface area contributed by atoms with Crippen LogP contribution < -0.4 is 0 Å². The molecule has 0 aromatic heterocycles. The van der Waals surface area contributed by atoms with Gasteiger partial charge in [0.05, 0.1) is 0 Å². The third-order valence-electron chi connectivity index (χ3n) is 1.57. The van der Waals surface area contributed by atoms with E-state index < -0.39 is 5.60 Å². The molecule has 0 aliphatic carbocycles. The molecule has 14 heavy (non-hydrogen) atoms. The predicted molar refractivity (Wildman–Crippen MR) is 51.7 cm³/mol. The Morgan fingerprint density at radius 2 is 1.71 bits per heavy atom. The number of hydrogen-bond donors (Lipinski definition) is 0. The van der Waals surface area contributed by atoms with Crippen LogP contribution in [0.4, 0.5) is 0 Å². The van der Waals surface area contributed by atoms with Gasteiger partial charge in [0, 0.05) is 20.3 Å². The zero-order valence-corrected chi connectivity index (χ0v) is 9.42. The fourth-order valence-corrected chi connectivity index (χ4v) is 1.45. The van der Waals surface area contributed by atoms with Crippen LogP contribution in [0, 0.1) is 0 Å². The van der Waals surface area contributed by atoms with Crippen LogP contribution in [0.15, 0.2) is 0 Å². The molecule has 4 nitrogen and oxygen atoms in total. The highest BCUT2D eigenvalue weighted by Crippen LogP contribution is 2.18. The summed E-state index contributed by atoms with van der Waals surface area (Å²) < 4.78 is 10.00. The molecule has 0 rings (SSSR count). The van der Waals surface area contributed by atoms with E-state index in [1.807, 2.05) is 0 Å². The molecule has 0 bridgehead atoms. The number of esters is 2. The van der Waals surface area contributed by atoms with Gasteiger partial charge in [0.15, 0.2) is 0 Å². The minimum atomic E-state index is -0.597. The maximum absolute atomic E-state index is 10.7. The van der Waals surface area contributed by atoms with Crippen molar-refractivity contribution in [3.05, 3.63) is 0 Å². The quantitative estimate of drug-likeness (QED) is 0.651. The maximum atomic E-state index is 10.7. The largest absolute Gasteiger partial charge is 0.463 e. The first-order valence-electron chi connectivity index (χ1n) is 4.60. The zero-order valence-electron chi connectivity index (χ0n) is 9.42. The summed E-state index contributed by atoms with van der Waals surface area (Å²) in [6.07, 6.45) is 0.244. The number of carbonyl (C=O) groups excluding carboxylic acids is 2. The molecule has 0 N–H and O–H groups in total. The molecule has 0 aromatic carbocycles. The molecule has 82 valence electrons. The molecule has 0 heterocycles. The van der Waals surface area contributed by atoms with E-state index in [4.69, 9.17) is 9.47 Å². The van der Waals surface area contributed by atoms with E-state index in [1.54, 1.807) is 20.8 Å². The third-order valence-corrected chi connectivity index (χ3v) is 1.57. The molecule has 0 aromatic rings. The van der Waals surface area contributed by atoms with Gasteiger partial charge < -0.3 is 9.47 Å². The highest BCUT2D eigenvalue weighted by molar-refractivity contribution is 5.66. The highest BCUT2D eigenvalue weighted by Gasteiger charge is 2.25. The summed E-state index contributed by atoms with van der Waals surface area (Å²) in [6.45, 7) is 8.06. The zero-order chi connectivity index (χ0) is 11.4. The fraction of sp³-hybridized carbons (Fsp3) is 0.800. The summed E-state index contributed by atoms with van der Waals surface area (Å²) in [7, 11) is 0. The number of hydrogen-bond acceptors (Lipinski definition) is 4. The van der Waals surface area contributed by atoms with Gasteiger partial charge in [-0.25, -0.2) is 0 Å². The second-order valence-electron chi connectivity index (χ2n) is 3.98. The van der Waals surface area contributed by atoms with Crippen LogP contribution in [0.25, 0.3) is 0 Å². The van der Waals surface area contributed by atoms with Crippen molar-refractivity contribution < 1.29 is 19.1 Å². The topological polar surface area (TPSA) is 52.6 Å². The molecule has 0 saturated carbocycles. The van der Waals surface area contributed by atoms with E-state index in [0.717, 1.165) is 0 Å². The van der Waals surface area contributed by atoms with Gasteiger partial charge in [-0.05, 0) is 20.8 Å². The van der Waals surface area contributed by atoms with E-state index >= 15 is 0 Å². The van der Waals surface area contributed by atoms with Gasteiger partial charge in [0.25, 0.3) is 0 Å². The van der Waals surface area contributed by atoms with E-state index in [-0.39, 0.29) is 18.0 Å². The summed E-state index contributed by atoms with van der Waals surface area (Å²) in [6, 6.07) is 0. The van der Waals surface area contributed by atoms with Gasteiger partial charge in [-0.1, -0.05) is 0 Å². The van der Waals surface area contributed by atoms with E-state index in [2.05, 4.69) is 0 Å². The molecule has 1 atom stereocenters. The Morgan fingerprint density at radius 1 is 1.21 bits per heavy atom. The first kappa shape index (κ1) is 12.9. The number of rotatable bonds is 4. The molecule has 0 radical (unpaired) electrons. The van der Waals surface area contributed by atoms with E-state index in [0.29, 0.717) is 6.42 Å². The standard InChI is InChI=1S/C10H18O4/c1-7(13-8(2)11)6-10(4,5)14-9(3)12/h7H,6H2,1-5H3/t7-/m1/s1. The lowest BCUT2D eigenvalue weighted by Gasteiger charge is -2.27. The predicted octanol–water partition coefficient (Wildman–Crippen LogP) is 1.67. The number of carbonyl (C=O) groups is 2. The summed E-state index contributed by atoms with van der Waals surface area (Å²) in [5.74, 6) is -0.652. The van der Waals surface area contributed by atoms with Crippen molar-refractivity contribution in [2.75, 3.05) is 0 Å². The lowest BCUT2D eigenvalue weighted by molar-refractivity contribution is -0.159. The average molecular weight is 202 g/mol. The van der Waals surface area contributed by atoms with Gasteiger partial charge >= 0.3 is 11.9 Å². The molecule has 0 amide bonds. The Bertz CT molecular complexity index is 220. The smallest absolute Gasteiger partial charge is 0.303 e. The lowest BCUT2D eigenvalue weighted by Crippen LogP contribution is -2.32. The Balaban J connectivity index is 4.07. The van der Waals surface area contributed by atoms with Gasteiger partial charge in [0.2, 0.25) is 0 Å². The molecular weight excluding hydrogens is 184 g/mol. The molecular formula is C10H18O4. The SMILES string of the molecule is CC(=O)O[C@H](C)CC(C)(C)OC(C)=O. The van der Waals surface area contributed by atoms with Gasteiger partial charge in [-0.3, -0.25) is 9.59 Å². The normalized spacial score (nSPS) is 13.2. The molecule has 0 aliphatic heterocycles. The minimum absolute atomic E-state index is 0.248. The van der Waals surface area contributed by atoms with E-state index in [9.17, 15) is 9.59 Å². The Labute approximate surface area is 84.6 Å². The summed E-state index contributed by atoms with van der Waals surface area (Å²) in [4.78, 5) is 21.4. The molecule has 0 aliphatic rings. The van der Waals surface area contributed by atoms with Crippen molar-refractivity contribution in [1.82, 2.24) is 0 Å². The Kier molecular flexibility index (Phi) is 4.60. The van der Waals surface area contributed by atoms with Crippen LogP contribution >= 0.6 is 0 Å². The van der Waals surface area contributed by atoms with Crippen LogP contribution in [0.3, 0.4) is 0 Å². The lowest BCUT2D eigenvalue weighted by atomic mass is 10.0. The van der Waals surface area contributed by atoms with Crippen molar-refractivity contribution in [2.24, 2.45) is 0 Å². The monoisotopic (exact) mass is 202 g/mol. The molecule has 0 unspecified atom stereocenters. The summed E-state index contributed by atoms with van der Waals surface area (Å²) in [5, 5.41) is 0. The summed E-state index contributed by atoms with van der Waals surface area (Å²) in [5.41, 5.74) is -0.597. The van der Waals surface area contributed by atoms with Crippen molar-refractivity contribution in [2.45, 2.75) is 52.7 Å². The number of ether oxygens (including phenoxy) is 2. The Morgan fingerprint density at radius 3 is 2.07 bits per heavy atom. The van der Waals surface area contributed by atoms with Gasteiger partial charge in [0.1, 0.15) is 11.7 Å². The van der Waals surface area contributed by atoms with Crippen molar-refractivity contribution >= 4 is 11.9 Å². The second-order valence-corrected chi connectivity index (χ2v) is 3.98. The summed E-state index contributed by atoms with van der Waals surface area (Å²) >= 11 is 0. The molecule has 0 spiro atoms. The highest BCUT2D eigenvalue weighted by atomic mass is 16.6. The van der Waals surface area contributed by atoms with Crippen molar-refractivity contribution in [1.29, 1.82) is 0 Å². The first-order chi connectivity index (χ1) is 6.23. The van der Waals surface area contributed by atoms with Crippen LogP contribution in [0.1, 0.15) is 41.0 Å². The van der Waals surface area contributed by atoms with Gasteiger partial charge in [-0.15, -0.1) is 0 Å². The first-order valence-corrected chi connectivity index (χ1v) is 4.60. The molecule has 0 saturated heterocycles.